The van der Waals surface area contributed by atoms with Crippen LogP contribution in [0.5, 0.6) is 0 Å². The SMILES string of the molecule is CCCC[C@H](NC(=O)c1cc(F)cc2nccnc12)C(=O)O. The number of carbonyl (C=O) groups excluding carboxylic acids is 1. The fourth-order valence-corrected chi connectivity index (χ4v) is 2.12. The topological polar surface area (TPSA) is 92.2 Å². The van der Waals surface area contributed by atoms with Crippen molar-refractivity contribution in [1.29, 1.82) is 0 Å². The van der Waals surface area contributed by atoms with Crippen LogP contribution in [-0.4, -0.2) is 33.0 Å². The molecule has 116 valence electrons. The molecule has 0 aliphatic carbocycles. The van der Waals surface area contributed by atoms with Gasteiger partial charge in [-0.05, 0) is 12.5 Å². The molecule has 0 radical (unpaired) electrons. The Kier molecular flexibility index (Phi) is 4.98. The van der Waals surface area contributed by atoms with Gasteiger partial charge in [-0.3, -0.25) is 14.8 Å². The summed E-state index contributed by atoms with van der Waals surface area (Å²) in [7, 11) is 0. The molecule has 0 aliphatic heterocycles. The van der Waals surface area contributed by atoms with Crippen molar-refractivity contribution in [2.24, 2.45) is 0 Å². The number of benzene rings is 1. The number of aliphatic carboxylic acids is 1. The van der Waals surface area contributed by atoms with Gasteiger partial charge in [0.15, 0.2) is 0 Å². The summed E-state index contributed by atoms with van der Waals surface area (Å²) in [5.74, 6) is -2.42. The van der Waals surface area contributed by atoms with Gasteiger partial charge >= 0.3 is 5.97 Å². The van der Waals surface area contributed by atoms with Crippen LogP contribution < -0.4 is 5.32 Å². The minimum absolute atomic E-state index is 0.0224. The van der Waals surface area contributed by atoms with Crippen LogP contribution >= 0.6 is 0 Å². The molecule has 22 heavy (non-hydrogen) atoms. The number of carbonyl (C=O) groups is 2. The molecule has 1 heterocycles. The number of unbranched alkanes of at least 4 members (excludes halogenated alkanes) is 1. The lowest BCUT2D eigenvalue weighted by atomic mass is 10.1. The van der Waals surface area contributed by atoms with Crippen LogP contribution in [0.3, 0.4) is 0 Å². The lowest BCUT2D eigenvalue weighted by Gasteiger charge is -2.14. The van der Waals surface area contributed by atoms with E-state index in [1.54, 1.807) is 0 Å². The highest BCUT2D eigenvalue weighted by molar-refractivity contribution is 6.05. The molecule has 0 saturated heterocycles. The van der Waals surface area contributed by atoms with E-state index in [9.17, 15) is 14.0 Å². The number of nitrogens with zero attached hydrogens (tertiary/aromatic N) is 2. The monoisotopic (exact) mass is 305 g/mol. The fourth-order valence-electron chi connectivity index (χ4n) is 2.12. The van der Waals surface area contributed by atoms with Crippen molar-refractivity contribution in [3.05, 3.63) is 35.9 Å². The van der Waals surface area contributed by atoms with Gasteiger partial charge in [-0.15, -0.1) is 0 Å². The molecule has 0 saturated carbocycles. The highest BCUT2D eigenvalue weighted by Gasteiger charge is 2.22. The normalized spacial score (nSPS) is 12.1. The van der Waals surface area contributed by atoms with E-state index in [0.717, 1.165) is 12.5 Å². The number of hydrogen-bond donors (Lipinski definition) is 2. The Morgan fingerprint density at radius 3 is 2.73 bits per heavy atom. The molecule has 1 aromatic heterocycles. The molecule has 6 nitrogen and oxygen atoms in total. The average molecular weight is 305 g/mol. The molecular formula is C15H16FN3O3. The minimum atomic E-state index is -1.12. The summed E-state index contributed by atoms with van der Waals surface area (Å²) in [6.07, 6.45) is 4.58. The van der Waals surface area contributed by atoms with Crippen LogP contribution in [0.25, 0.3) is 11.0 Å². The summed E-state index contributed by atoms with van der Waals surface area (Å²) in [4.78, 5) is 31.4. The molecule has 1 atom stereocenters. The summed E-state index contributed by atoms with van der Waals surface area (Å²) in [6.45, 7) is 1.93. The molecule has 1 amide bonds. The molecule has 1 aromatic carbocycles. The van der Waals surface area contributed by atoms with Gasteiger partial charge in [-0.1, -0.05) is 19.8 Å². The number of rotatable bonds is 6. The maximum absolute atomic E-state index is 13.6. The third kappa shape index (κ3) is 3.55. The van der Waals surface area contributed by atoms with Crippen LogP contribution in [0.2, 0.25) is 0 Å². The zero-order valence-electron chi connectivity index (χ0n) is 12.0. The number of nitrogens with one attached hydrogen (secondary N) is 1. The third-order valence-corrected chi connectivity index (χ3v) is 3.23. The van der Waals surface area contributed by atoms with Crippen molar-refractivity contribution in [1.82, 2.24) is 15.3 Å². The first-order valence-electron chi connectivity index (χ1n) is 6.97. The second kappa shape index (κ2) is 6.93. The van der Waals surface area contributed by atoms with Crippen molar-refractivity contribution in [2.75, 3.05) is 0 Å². The van der Waals surface area contributed by atoms with Crippen LogP contribution in [0.4, 0.5) is 4.39 Å². The van der Waals surface area contributed by atoms with Crippen LogP contribution in [0.1, 0.15) is 36.5 Å². The standard InChI is InChI=1S/C15H16FN3O3/c1-2-3-4-11(15(21)22)19-14(20)10-7-9(16)8-12-13(10)18-6-5-17-12/h5-8,11H,2-4H2,1H3,(H,19,20)(H,21,22)/t11-/m0/s1. The van der Waals surface area contributed by atoms with Gasteiger partial charge in [0.05, 0.1) is 11.1 Å². The summed E-state index contributed by atoms with van der Waals surface area (Å²) in [6, 6.07) is 1.19. The zero-order valence-corrected chi connectivity index (χ0v) is 12.0. The van der Waals surface area contributed by atoms with Crippen molar-refractivity contribution in [3.63, 3.8) is 0 Å². The molecule has 0 fully saturated rings. The molecular weight excluding hydrogens is 289 g/mol. The Hall–Kier alpha value is -2.57. The van der Waals surface area contributed by atoms with E-state index in [1.807, 2.05) is 6.92 Å². The van der Waals surface area contributed by atoms with E-state index in [0.29, 0.717) is 12.8 Å². The van der Waals surface area contributed by atoms with E-state index in [4.69, 9.17) is 5.11 Å². The molecule has 2 aromatic rings. The van der Waals surface area contributed by atoms with E-state index in [1.165, 1.54) is 18.5 Å². The number of halogens is 1. The van der Waals surface area contributed by atoms with Gasteiger partial charge in [0, 0.05) is 18.5 Å². The maximum atomic E-state index is 13.6. The van der Waals surface area contributed by atoms with Gasteiger partial charge in [0.25, 0.3) is 5.91 Å². The van der Waals surface area contributed by atoms with Crippen LogP contribution in [0, 0.1) is 5.82 Å². The second-order valence-electron chi connectivity index (χ2n) is 4.88. The first-order valence-corrected chi connectivity index (χ1v) is 6.97. The van der Waals surface area contributed by atoms with E-state index < -0.39 is 23.7 Å². The third-order valence-electron chi connectivity index (χ3n) is 3.23. The second-order valence-corrected chi connectivity index (χ2v) is 4.88. The summed E-state index contributed by atoms with van der Waals surface area (Å²) < 4.78 is 13.6. The molecule has 7 heteroatoms. The first-order chi connectivity index (χ1) is 10.5. The Balaban J connectivity index is 2.30. The fraction of sp³-hybridized carbons (Fsp3) is 0.333. The van der Waals surface area contributed by atoms with Crippen LogP contribution in [-0.2, 0) is 4.79 Å². The molecule has 0 aliphatic rings. The van der Waals surface area contributed by atoms with Crippen LogP contribution in [0.15, 0.2) is 24.5 Å². The summed E-state index contributed by atoms with van der Waals surface area (Å²) in [5, 5.41) is 11.6. The van der Waals surface area contributed by atoms with E-state index >= 15 is 0 Å². The lowest BCUT2D eigenvalue weighted by molar-refractivity contribution is -0.139. The Morgan fingerprint density at radius 1 is 1.32 bits per heavy atom. The average Bonchev–Trinajstić information content (AvgIpc) is 2.49. The number of amides is 1. The largest absolute Gasteiger partial charge is 0.480 e. The number of carboxylic acid groups (broad SMARTS) is 1. The van der Waals surface area contributed by atoms with Gasteiger partial charge in [-0.25, -0.2) is 9.18 Å². The zero-order chi connectivity index (χ0) is 16.1. The predicted molar refractivity (Wildman–Crippen MR) is 77.9 cm³/mol. The van der Waals surface area contributed by atoms with Gasteiger partial charge in [0.2, 0.25) is 0 Å². The van der Waals surface area contributed by atoms with Crippen molar-refractivity contribution in [3.8, 4) is 0 Å². The number of fused-ring (bicyclic) bond motifs is 1. The quantitative estimate of drug-likeness (QED) is 0.853. The molecule has 2 N–H and O–H groups in total. The maximum Gasteiger partial charge on any atom is 0.326 e. The lowest BCUT2D eigenvalue weighted by Crippen LogP contribution is -2.40. The molecule has 2 rings (SSSR count). The van der Waals surface area contributed by atoms with Gasteiger partial charge in [-0.2, -0.15) is 0 Å². The van der Waals surface area contributed by atoms with Gasteiger partial charge in [0.1, 0.15) is 17.4 Å². The Labute approximate surface area is 126 Å². The van der Waals surface area contributed by atoms with Crippen molar-refractivity contribution in [2.45, 2.75) is 32.2 Å². The molecule has 0 unspecified atom stereocenters. The first kappa shape index (κ1) is 15.8. The highest BCUT2D eigenvalue weighted by Crippen LogP contribution is 2.17. The number of hydrogen-bond acceptors (Lipinski definition) is 4. The minimum Gasteiger partial charge on any atom is -0.480 e. The number of carboxylic acids is 1. The van der Waals surface area contributed by atoms with E-state index in [-0.39, 0.29) is 16.6 Å². The Morgan fingerprint density at radius 2 is 2.05 bits per heavy atom. The Bertz CT molecular complexity index is 705. The van der Waals surface area contributed by atoms with Crippen molar-refractivity contribution < 1.29 is 19.1 Å². The number of aromatic nitrogens is 2. The summed E-state index contributed by atoms with van der Waals surface area (Å²) in [5.41, 5.74) is 0.458. The van der Waals surface area contributed by atoms with Crippen molar-refractivity contribution >= 4 is 22.9 Å². The van der Waals surface area contributed by atoms with Gasteiger partial charge < -0.3 is 10.4 Å². The van der Waals surface area contributed by atoms with E-state index in [2.05, 4.69) is 15.3 Å². The smallest absolute Gasteiger partial charge is 0.326 e. The highest BCUT2D eigenvalue weighted by atomic mass is 19.1. The molecule has 0 bridgehead atoms. The predicted octanol–water partition coefficient (Wildman–Crippen LogP) is 2.14. The molecule has 0 spiro atoms. The summed E-state index contributed by atoms with van der Waals surface area (Å²) >= 11 is 0.